The second kappa shape index (κ2) is 8.25. The van der Waals surface area contributed by atoms with Crippen LogP contribution in [0.25, 0.3) is 10.6 Å². The molecule has 2 aromatic rings. The number of benzene rings is 1. The van der Waals surface area contributed by atoms with Crippen LogP contribution in [0.15, 0.2) is 29.6 Å². The molecule has 1 heterocycles. The second-order valence-corrected chi connectivity index (χ2v) is 6.58. The maximum Gasteiger partial charge on any atom is 0.123 e. The molecule has 0 radical (unpaired) electrons. The van der Waals surface area contributed by atoms with Gasteiger partial charge in [-0.25, -0.2) is 9.37 Å². The Kier molecular flexibility index (Phi) is 6.33. The highest BCUT2D eigenvalue weighted by molar-refractivity contribution is 7.13. The first kappa shape index (κ1) is 16.1. The van der Waals surface area contributed by atoms with Gasteiger partial charge in [0.1, 0.15) is 10.8 Å². The normalized spacial score (nSPS) is 11.2. The number of hydrogen-bond acceptors (Lipinski definition) is 3. The molecule has 0 unspecified atom stereocenters. The lowest BCUT2D eigenvalue weighted by Gasteiger charge is -2.05. The fourth-order valence-electron chi connectivity index (χ4n) is 2.13. The molecule has 0 aliphatic heterocycles. The third-order valence-corrected chi connectivity index (χ3v) is 4.27. The Morgan fingerprint density at radius 2 is 1.95 bits per heavy atom. The van der Waals surface area contributed by atoms with Crippen LogP contribution in [-0.2, 0) is 6.54 Å². The number of nitrogens with one attached hydrogen (secondary N) is 1. The van der Waals surface area contributed by atoms with E-state index in [1.165, 1.54) is 31.4 Å². The highest BCUT2D eigenvalue weighted by atomic mass is 32.1. The summed E-state index contributed by atoms with van der Waals surface area (Å²) in [6, 6.07) is 6.50. The molecule has 4 heteroatoms. The Labute approximate surface area is 130 Å². The fraction of sp³-hybridized carbons (Fsp3) is 0.471. The summed E-state index contributed by atoms with van der Waals surface area (Å²) in [5, 5.41) is 6.45. The lowest BCUT2D eigenvalue weighted by molar-refractivity contribution is 0.520. The van der Waals surface area contributed by atoms with Gasteiger partial charge in [0.15, 0.2) is 0 Å². The van der Waals surface area contributed by atoms with Crippen LogP contribution in [0.3, 0.4) is 0 Å². The predicted molar refractivity (Wildman–Crippen MR) is 87.9 cm³/mol. The minimum Gasteiger partial charge on any atom is -0.311 e. The zero-order valence-corrected chi connectivity index (χ0v) is 13.5. The third kappa shape index (κ3) is 5.56. The maximum atomic E-state index is 12.9. The van der Waals surface area contributed by atoms with Gasteiger partial charge >= 0.3 is 0 Å². The first-order valence-corrected chi connectivity index (χ1v) is 8.44. The monoisotopic (exact) mass is 306 g/mol. The van der Waals surface area contributed by atoms with Crippen molar-refractivity contribution in [2.75, 3.05) is 6.54 Å². The van der Waals surface area contributed by atoms with Crippen molar-refractivity contribution in [3.05, 3.63) is 41.2 Å². The Balaban J connectivity index is 1.74. The van der Waals surface area contributed by atoms with E-state index in [2.05, 4.69) is 29.5 Å². The molecule has 0 saturated heterocycles. The van der Waals surface area contributed by atoms with Crippen molar-refractivity contribution in [2.45, 2.75) is 39.7 Å². The molecule has 2 nitrogen and oxygen atoms in total. The average Bonchev–Trinajstić information content (AvgIpc) is 2.92. The third-order valence-electron chi connectivity index (χ3n) is 3.33. The summed E-state index contributed by atoms with van der Waals surface area (Å²) in [5.74, 6) is 0.584. The van der Waals surface area contributed by atoms with Crippen LogP contribution in [0.4, 0.5) is 4.39 Å². The van der Waals surface area contributed by atoms with Gasteiger partial charge in [0, 0.05) is 17.5 Å². The van der Waals surface area contributed by atoms with Crippen molar-refractivity contribution in [3.8, 4) is 10.6 Å². The molecule has 0 aliphatic carbocycles. The SMILES string of the molecule is CC(C)CCCCNCc1csc(-c2ccc(F)cc2)n1. The molecule has 0 fully saturated rings. The summed E-state index contributed by atoms with van der Waals surface area (Å²) < 4.78 is 12.9. The van der Waals surface area contributed by atoms with Crippen molar-refractivity contribution in [1.29, 1.82) is 0 Å². The molecule has 0 atom stereocenters. The molecular weight excluding hydrogens is 283 g/mol. The predicted octanol–water partition coefficient (Wildman–Crippen LogP) is 4.87. The van der Waals surface area contributed by atoms with E-state index in [1.54, 1.807) is 23.5 Å². The van der Waals surface area contributed by atoms with Crippen LogP contribution in [-0.4, -0.2) is 11.5 Å². The Bertz CT molecular complexity index is 534. The van der Waals surface area contributed by atoms with Crippen molar-refractivity contribution in [3.63, 3.8) is 0 Å². The number of rotatable bonds is 8. The number of thiazole rings is 1. The molecule has 1 aromatic heterocycles. The molecular formula is C17H23FN2S. The van der Waals surface area contributed by atoms with Crippen LogP contribution < -0.4 is 5.32 Å². The van der Waals surface area contributed by atoms with Crippen LogP contribution in [0, 0.1) is 11.7 Å². The van der Waals surface area contributed by atoms with E-state index in [1.807, 2.05) is 0 Å². The number of nitrogens with zero attached hydrogens (tertiary/aromatic N) is 1. The maximum absolute atomic E-state index is 12.9. The molecule has 0 aliphatic rings. The van der Waals surface area contributed by atoms with Crippen molar-refractivity contribution >= 4 is 11.3 Å². The van der Waals surface area contributed by atoms with Gasteiger partial charge in [-0.2, -0.15) is 0 Å². The van der Waals surface area contributed by atoms with E-state index in [0.717, 1.165) is 35.3 Å². The Hall–Kier alpha value is -1.26. The van der Waals surface area contributed by atoms with Crippen molar-refractivity contribution in [1.82, 2.24) is 10.3 Å². The molecule has 0 spiro atoms. The zero-order valence-electron chi connectivity index (χ0n) is 12.7. The van der Waals surface area contributed by atoms with E-state index in [4.69, 9.17) is 0 Å². The average molecular weight is 306 g/mol. The van der Waals surface area contributed by atoms with Gasteiger partial charge in [-0.15, -0.1) is 11.3 Å². The molecule has 21 heavy (non-hydrogen) atoms. The van der Waals surface area contributed by atoms with E-state index >= 15 is 0 Å². The zero-order chi connectivity index (χ0) is 15.1. The van der Waals surface area contributed by atoms with Gasteiger partial charge in [0.05, 0.1) is 5.69 Å². The van der Waals surface area contributed by atoms with E-state index in [-0.39, 0.29) is 5.82 Å². The number of aromatic nitrogens is 1. The van der Waals surface area contributed by atoms with Crippen LogP contribution in [0.5, 0.6) is 0 Å². The van der Waals surface area contributed by atoms with Gasteiger partial charge in [-0.1, -0.05) is 26.7 Å². The van der Waals surface area contributed by atoms with Gasteiger partial charge in [0.25, 0.3) is 0 Å². The molecule has 2 rings (SSSR count). The minimum absolute atomic E-state index is 0.210. The molecule has 0 bridgehead atoms. The van der Waals surface area contributed by atoms with E-state index < -0.39 is 0 Å². The topological polar surface area (TPSA) is 24.9 Å². The van der Waals surface area contributed by atoms with Crippen LogP contribution in [0.2, 0.25) is 0 Å². The van der Waals surface area contributed by atoms with E-state index in [9.17, 15) is 4.39 Å². The summed E-state index contributed by atoms with van der Waals surface area (Å²) in [6.45, 7) is 6.37. The highest BCUT2D eigenvalue weighted by Gasteiger charge is 2.04. The summed E-state index contributed by atoms with van der Waals surface area (Å²) >= 11 is 1.61. The Morgan fingerprint density at radius 1 is 1.19 bits per heavy atom. The van der Waals surface area contributed by atoms with Crippen LogP contribution in [0.1, 0.15) is 38.8 Å². The minimum atomic E-state index is -0.210. The summed E-state index contributed by atoms with van der Waals surface area (Å²) in [5.41, 5.74) is 2.03. The quantitative estimate of drug-likeness (QED) is 0.704. The first-order valence-electron chi connectivity index (χ1n) is 7.56. The largest absolute Gasteiger partial charge is 0.311 e. The van der Waals surface area contributed by atoms with Gasteiger partial charge in [0.2, 0.25) is 0 Å². The Morgan fingerprint density at radius 3 is 2.67 bits per heavy atom. The standard InChI is InChI=1S/C17H23FN2S/c1-13(2)5-3-4-10-19-11-16-12-21-17(20-16)14-6-8-15(18)9-7-14/h6-9,12-13,19H,3-5,10-11H2,1-2H3. The second-order valence-electron chi connectivity index (χ2n) is 5.72. The van der Waals surface area contributed by atoms with Gasteiger partial charge in [-0.05, 0) is 43.1 Å². The lowest BCUT2D eigenvalue weighted by atomic mass is 10.1. The molecule has 114 valence electrons. The van der Waals surface area contributed by atoms with Crippen molar-refractivity contribution < 1.29 is 4.39 Å². The lowest BCUT2D eigenvalue weighted by Crippen LogP contribution is -2.15. The van der Waals surface area contributed by atoms with Crippen molar-refractivity contribution in [2.24, 2.45) is 5.92 Å². The summed E-state index contributed by atoms with van der Waals surface area (Å²) in [6.07, 6.45) is 3.79. The molecule has 1 aromatic carbocycles. The molecule has 0 saturated carbocycles. The summed E-state index contributed by atoms with van der Waals surface area (Å²) in [4.78, 5) is 4.59. The van der Waals surface area contributed by atoms with Crippen LogP contribution >= 0.6 is 11.3 Å². The first-order chi connectivity index (χ1) is 10.1. The van der Waals surface area contributed by atoms with Gasteiger partial charge in [-0.3, -0.25) is 0 Å². The molecule has 1 N–H and O–H groups in total. The van der Waals surface area contributed by atoms with Gasteiger partial charge < -0.3 is 5.32 Å². The van der Waals surface area contributed by atoms with E-state index in [0.29, 0.717) is 0 Å². The number of hydrogen-bond donors (Lipinski definition) is 1. The number of unbranched alkanes of at least 4 members (excludes halogenated alkanes) is 1. The molecule has 0 amide bonds. The number of halogens is 1. The fourth-order valence-corrected chi connectivity index (χ4v) is 2.96. The summed E-state index contributed by atoms with van der Waals surface area (Å²) in [7, 11) is 0. The smallest absolute Gasteiger partial charge is 0.123 e. The highest BCUT2D eigenvalue weighted by Crippen LogP contribution is 2.23.